The van der Waals surface area contributed by atoms with E-state index < -0.39 is 0 Å². The van der Waals surface area contributed by atoms with Crippen molar-refractivity contribution in [3.63, 3.8) is 0 Å². The molecule has 0 bridgehead atoms. The van der Waals surface area contributed by atoms with Gasteiger partial charge in [-0.3, -0.25) is 0 Å². The number of aromatic nitrogens is 3. The third-order valence-corrected chi connectivity index (χ3v) is 11.2. The molecule has 11 rings (SSSR count). The second-order valence-electron chi connectivity index (χ2n) is 14.6. The number of rotatable bonds is 6. The largest absolute Gasteiger partial charge is 0.309 e. The van der Waals surface area contributed by atoms with E-state index in [1.165, 1.54) is 60.2 Å². The molecule has 2 aromatic heterocycles. The summed E-state index contributed by atoms with van der Waals surface area (Å²) in [5.74, 6) is 0.709. The minimum absolute atomic E-state index is 0.709. The average molecular weight is 726 g/mol. The van der Waals surface area contributed by atoms with Crippen molar-refractivity contribution in [1.82, 2.24) is 14.5 Å². The number of fused-ring (bicyclic) bond motifs is 5. The van der Waals surface area contributed by atoms with Crippen LogP contribution in [0.5, 0.6) is 0 Å². The molecule has 9 aromatic carbocycles. The highest BCUT2D eigenvalue weighted by Gasteiger charge is 2.17. The van der Waals surface area contributed by atoms with Gasteiger partial charge in [-0.15, -0.1) is 0 Å². The van der Waals surface area contributed by atoms with E-state index in [2.05, 4.69) is 199 Å². The lowest BCUT2D eigenvalue weighted by Crippen LogP contribution is -1.97. The zero-order valence-corrected chi connectivity index (χ0v) is 31.0. The molecule has 0 saturated heterocycles. The zero-order valence-electron chi connectivity index (χ0n) is 31.0. The predicted molar refractivity (Wildman–Crippen MR) is 239 cm³/mol. The molecule has 3 nitrogen and oxygen atoms in total. The Balaban J connectivity index is 1.04. The fourth-order valence-corrected chi connectivity index (χ4v) is 8.54. The Morgan fingerprint density at radius 2 is 0.842 bits per heavy atom. The monoisotopic (exact) mass is 725 g/mol. The minimum atomic E-state index is 0.709. The van der Waals surface area contributed by atoms with Gasteiger partial charge in [0.1, 0.15) is 0 Å². The molecule has 0 aliphatic rings. The molecule has 0 unspecified atom stereocenters. The quantitative estimate of drug-likeness (QED) is 0.171. The topological polar surface area (TPSA) is 30.7 Å². The van der Waals surface area contributed by atoms with E-state index >= 15 is 0 Å². The van der Waals surface area contributed by atoms with Gasteiger partial charge in [0.2, 0.25) is 0 Å². The van der Waals surface area contributed by atoms with Crippen LogP contribution in [0.2, 0.25) is 0 Å². The average Bonchev–Trinajstić information content (AvgIpc) is 3.62. The van der Waals surface area contributed by atoms with E-state index in [4.69, 9.17) is 9.97 Å². The van der Waals surface area contributed by atoms with Gasteiger partial charge >= 0.3 is 0 Å². The molecule has 0 atom stereocenters. The molecule has 0 spiro atoms. The Bertz CT molecular complexity index is 3280. The highest BCUT2D eigenvalue weighted by Crippen LogP contribution is 2.40. The molecule has 0 radical (unpaired) electrons. The fraction of sp³-hybridized carbons (Fsp3) is 0. The molecule has 57 heavy (non-hydrogen) atoms. The van der Waals surface area contributed by atoms with E-state index in [9.17, 15) is 0 Å². The van der Waals surface area contributed by atoms with Crippen molar-refractivity contribution >= 4 is 43.4 Å². The SMILES string of the molecule is c1ccc(-c2nc(-c3cccc4ccccc34)cc(-c3ccc(-c4cccc(-c5ccc6c(c5)c5ccccc5n6-c5ccccc5)c4)c4ccccc34)n2)cc1. The van der Waals surface area contributed by atoms with Crippen molar-refractivity contribution in [1.29, 1.82) is 0 Å². The van der Waals surface area contributed by atoms with Gasteiger partial charge in [-0.2, -0.15) is 0 Å². The number of hydrogen-bond donors (Lipinski definition) is 0. The highest BCUT2D eigenvalue weighted by atomic mass is 15.0. The van der Waals surface area contributed by atoms with Gasteiger partial charge in [0.15, 0.2) is 5.82 Å². The van der Waals surface area contributed by atoms with E-state index in [0.29, 0.717) is 5.82 Å². The van der Waals surface area contributed by atoms with Gasteiger partial charge < -0.3 is 4.57 Å². The van der Waals surface area contributed by atoms with E-state index in [-0.39, 0.29) is 0 Å². The number of hydrogen-bond acceptors (Lipinski definition) is 2. The maximum absolute atomic E-state index is 5.24. The summed E-state index contributed by atoms with van der Waals surface area (Å²) >= 11 is 0. The smallest absolute Gasteiger partial charge is 0.160 e. The van der Waals surface area contributed by atoms with Crippen molar-refractivity contribution in [2.75, 3.05) is 0 Å². The zero-order chi connectivity index (χ0) is 37.7. The standard InChI is InChI=1S/C54H35N3/c1-3-16-37(17-4-1)54-55-50(46-27-14-18-36-15-7-8-23-42(36)46)35-51(56-54)47-31-30-43(44-24-9-10-25-45(44)47)40-20-13-19-38(33-40)39-29-32-53-49(34-39)48-26-11-12-28-52(48)57(53)41-21-5-2-6-22-41/h1-35H. The lowest BCUT2D eigenvalue weighted by atomic mass is 9.91. The molecule has 11 aromatic rings. The first-order valence-corrected chi connectivity index (χ1v) is 19.4. The Morgan fingerprint density at radius 3 is 1.65 bits per heavy atom. The molecule has 0 aliphatic carbocycles. The predicted octanol–water partition coefficient (Wildman–Crippen LogP) is 14.2. The van der Waals surface area contributed by atoms with Gasteiger partial charge in [0.25, 0.3) is 0 Å². The fourth-order valence-electron chi connectivity index (χ4n) is 8.54. The maximum atomic E-state index is 5.24. The van der Waals surface area contributed by atoms with Crippen LogP contribution in [0.4, 0.5) is 0 Å². The van der Waals surface area contributed by atoms with Crippen LogP contribution in [0.15, 0.2) is 212 Å². The molecular formula is C54H35N3. The molecule has 0 amide bonds. The number of nitrogens with zero attached hydrogens (tertiary/aromatic N) is 3. The van der Waals surface area contributed by atoms with Crippen molar-refractivity contribution in [2.45, 2.75) is 0 Å². The Kier molecular flexibility index (Phi) is 7.82. The number of benzene rings is 9. The van der Waals surface area contributed by atoms with Gasteiger partial charge in [0, 0.05) is 33.2 Å². The number of para-hydroxylation sites is 2. The second kappa shape index (κ2) is 13.6. The summed E-state index contributed by atoms with van der Waals surface area (Å²) in [6.45, 7) is 0. The lowest BCUT2D eigenvalue weighted by molar-refractivity contribution is 1.18. The molecule has 0 aliphatic heterocycles. The normalized spacial score (nSPS) is 11.5. The molecule has 0 fully saturated rings. The first-order chi connectivity index (χ1) is 28.3. The van der Waals surface area contributed by atoms with E-state index in [1.807, 2.05) is 18.2 Å². The summed E-state index contributed by atoms with van der Waals surface area (Å²) in [6, 6.07) is 75.7. The molecule has 266 valence electrons. The Morgan fingerprint density at radius 1 is 0.298 bits per heavy atom. The van der Waals surface area contributed by atoms with Crippen LogP contribution in [-0.2, 0) is 0 Å². The summed E-state index contributed by atoms with van der Waals surface area (Å²) in [5.41, 5.74) is 13.3. The molecule has 3 heteroatoms. The molecule has 0 saturated carbocycles. The van der Waals surface area contributed by atoms with Gasteiger partial charge in [-0.1, -0.05) is 170 Å². The minimum Gasteiger partial charge on any atom is -0.309 e. The third kappa shape index (κ3) is 5.68. The molecular weight excluding hydrogens is 691 g/mol. The maximum Gasteiger partial charge on any atom is 0.160 e. The summed E-state index contributed by atoms with van der Waals surface area (Å²) < 4.78 is 2.37. The summed E-state index contributed by atoms with van der Waals surface area (Å²) in [7, 11) is 0. The van der Waals surface area contributed by atoms with Crippen LogP contribution in [-0.4, -0.2) is 14.5 Å². The van der Waals surface area contributed by atoms with Crippen LogP contribution in [0.3, 0.4) is 0 Å². The van der Waals surface area contributed by atoms with Crippen LogP contribution in [0.1, 0.15) is 0 Å². The van der Waals surface area contributed by atoms with Crippen LogP contribution in [0.25, 0.3) is 105 Å². The highest BCUT2D eigenvalue weighted by molar-refractivity contribution is 6.11. The van der Waals surface area contributed by atoms with Crippen molar-refractivity contribution < 1.29 is 0 Å². The van der Waals surface area contributed by atoms with Gasteiger partial charge in [-0.25, -0.2) is 9.97 Å². The lowest BCUT2D eigenvalue weighted by Gasteiger charge is -2.15. The van der Waals surface area contributed by atoms with Crippen molar-refractivity contribution in [2.24, 2.45) is 0 Å². The first-order valence-electron chi connectivity index (χ1n) is 19.4. The van der Waals surface area contributed by atoms with Crippen LogP contribution < -0.4 is 0 Å². The third-order valence-electron chi connectivity index (χ3n) is 11.2. The second-order valence-corrected chi connectivity index (χ2v) is 14.6. The summed E-state index contributed by atoms with van der Waals surface area (Å²) in [4.78, 5) is 10.4. The first kappa shape index (κ1) is 32.8. The summed E-state index contributed by atoms with van der Waals surface area (Å²) in [6.07, 6.45) is 0. The van der Waals surface area contributed by atoms with E-state index in [1.54, 1.807) is 0 Å². The van der Waals surface area contributed by atoms with Crippen LogP contribution >= 0.6 is 0 Å². The molecule has 2 heterocycles. The van der Waals surface area contributed by atoms with Crippen molar-refractivity contribution in [3.8, 4) is 61.8 Å². The Labute approximate surface area is 330 Å². The van der Waals surface area contributed by atoms with Crippen LogP contribution in [0, 0.1) is 0 Å². The van der Waals surface area contributed by atoms with Crippen molar-refractivity contribution in [3.05, 3.63) is 212 Å². The molecule has 0 N–H and O–H groups in total. The summed E-state index contributed by atoms with van der Waals surface area (Å²) in [5, 5.41) is 7.18. The van der Waals surface area contributed by atoms with Gasteiger partial charge in [0.05, 0.1) is 22.4 Å². The Hall–Kier alpha value is -7.62. The van der Waals surface area contributed by atoms with Gasteiger partial charge in [-0.05, 0) is 86.3 Å². The van der Waals surface area contributed by atoms with E-state index in [0.717, 1.165) is 39.2 Å².